The minimum atomic E-state index is -1.13. The molecule has 0 spiro atoms. The van der Waals surface area contributed by atoms with Crippen LogP contribution in [0.3, 0.4) is 0 Å². The third-order valence-corrected chi connectivity index (χ3v) is 7.40. The van der Waals surface area contributed by atoms with Crippen molar-refractivity contribution in [1.82, 2.24) is 10.2 Å². The molecule has 36 heavy (non-hydrogen) atoms. The number of amides is 2. The van der Waals surface area contributed by atoms with Crippen LogP contribution in [0.5, 0.6) is 11.5 Å². The lowest BCUT2D eigenvalue weighted by Gasteiger charge is -2.41. The van der Waals surface area contributed by atoms with Gasteiger partial charge in [-0.25, -0.2) is 0 Å². The highest BCUT2D eigenvalue weighted by Gasteiger charge is 2.52. The average Bonchev–Trinajstić information content (AvgIpc) is 3.48. The predicted molar refractivity (Wildman–Crippen MR) is 127 cm³/mol. The van der Waals surface area contributed by atoms with E-state index in [1.165, 1.54) is 7.11 Å². The second-order valence-electron chi connectivity index (χ2n) is 9.80. The van der Waals surface area contributed by atoms with Crippen LogP contribution in [0, 0.1) is 5.92 Å². The number of hydrogen-bond acceptors (Lipinski definition) is 8. The van der Waals surface area contributed by atoms with Crippen LogP contribution in [-0.4, -0.2) is 91.0 Å². The Hall–Kier alpha value is -2.95. The first kappa shape index (κ1) is 24.7. The molecule has 2 aliphatic carbocycles. The summed E-state index contributed by atoms with van der Waals surface area (Å²) >= 11 is 0. The molecule has 194 valence electrons. The highest BCUT2D eigenvalue weighted by molar-refractivity contribution is 5.96. The Morgan fingerprint density at radius 3 is 2.72 bits per heavy atom. The number of nitrogens with zero attached hydrogens (tertiary/aromatic N) is 1. The fourth-order valence-corrected chi connectivity index (χ4v) is 5.49. The van der Waals surface area contributed by atoms with Gasteiger partial charge in [0.1, 0.15) is 18.5 Å². The van der Waals surface area contributed by atoms with Gasteiger partial charge in [-0.3, -0.25) is 14.4 Å². The van der Waals surface area contributed by atoms with Crippen molar-refractivity contribution in [1.29, 1.82) is 0 Å². The van der Waals surface area contributed by atoms with Crippen LogP contribution in [-0.2, 0) is 14.3 Å². The molecule has 1 aromatic carbocycles. The van der Waals surface area contributed by atoms with Crippen molar-refractivity contribution in [3.8, 4) is 11.5 Å². The Morgan fingerprint density at radius 2 is 2.08 bits per heavy atom. The molecule has 1 saturated carbocycles. The van der Waals surface area contributed by atoms with E-state index in [4.69, 9.17) is 14.2 Å². The molecule has 5 unspecified atom stereocenters. The van der Waals surface area contributed by atoms with Gasteiger partial charge in [-0.1, -0.05) is 0 Å². The van der Waals surface area contributed by atoms with E-state index in [1.54, 1.807) is 23.1 Å². The normalized spacial score (nSPS) is 28.4. The van der Waals surface area contributed by atoms with Crippen LogP contribution in [0.25, 0.3) is 0 Å². The zero-order valence-electron chi connectivity index (χ0n) is 20.2. The van der Waals surface area contributed by atoms with Crippen molar-refractivity contribution in [3.05, 3.63) is 34.9 Å². The lowest BCUT2D eigenvalue weighted by molar-refractivity contribution is -0.140. The number of methoxy groups -OCH3 is 1. The summed E-state index contributed by atoms with van der Waals surface area (Å²) < 4.78 is 17.4. The van der Waals surface area contributed by atoms with E-state index in [2.05, 4.69) is 5.32 Å². The van der Waals surface area contributed by atoms with E-state index < -0.39 is 30.1 Å². The number of ether oxygens (including phenoxy) is 3. The molecule has 10 nitrogen and oxygen atoms in total. The second-order valence-corrected chi connectivity index (χ2v) is 9.80. The Balaban J connectivity index is 1.57. The summed E-state index contributed by atoms with van der Waals surface area (Å²) in [6, 6.07) is 2.38. The molecule has 4 aliphatic rings. The monoisotopic (exact) mass is 500 g/mol. The number of rotatable bonds is 9. The van der Waals surface area contributed by atoms with E-state index in [0.29, 0.717) is 47.6 Å². The number of fused-ring (bicyclic) bond motifs is 3. The lowest BCUT2D eigenvalue weighted by Crippen LogP contribution is -2.57. The van der Waals surface area contributed by atoms with Crippen LogP contribution in [0.15, 0.2) is 23.8 Å². The van der Waals surface area contributed by atoms with Crippen LogP contribution < -0.4 is 14.8 Å². The van der Waals surface area contributed by atoms with Crippen LogP contribution in [0.1, 0.15) is 47.5 Å². The Labute approximate surface area is 209 Å². The first-order valence-electron chi connectivity index (χ1n) is 12.5. The largest absolute Gasteiger partial charge is 0.493 e. The standard InChI is InChI=1S/C26H32N2O8/c1-34-20-10-14(13-30)9-17-21-18(25(32)27-6-7-29)11-19(22(31)24(21)36-23(17)20)28(26(33)15-4-5-15)12-16-3-2-8-35-16/h9-11,13,15-16,19,21-22,24,29,31H,2-8,12H2,1H3,(H,27,32). The van der Waals surface area contributed by atoms with Crippen molar-refractivity contribution >= 4 is 18.1 Å². The molecule has 0 aromatic heterocycles. The first-order valence-corrected chi connectivity index (χ1v) is 12.5. The first-order chi connectivity index (χ1) is 17.5. The third-order valence-electron chi connectivity index (χ3n) is 7.40. The SMILES string of the molecule is COc1cc(C=O)cc2c1OC1C2C(C(=O)NCCO)=CC(N(CC2CCCO2)C(=O)C2CC2)C1O. The fourth-order valence-electron chi connectivity index (χ4n) is 5.49. The maximum atomic E-state index is 13.4. The molecular weight excluding hydrogens is 468 g/mol. The number of carbonyl (C=O) groups is 3. The van der Waals surface area contributed by atoms with E-state index in [-0.39, 0.29) is 31.1 Å². The summed E-state index contributed by atoms with van der Waals surface area (Å²) in [5, 5.41) is 23.5. The molecule has 5 atom stereocenters. The van der Waals surface area contributed by atoms with Gasteiger partial charge in [0.2, 0.25) is 11.8 Å². The number of nitrogens with one attached hydrogen (secondary N) is 1. The Kier molecular flexibility index (Phi) is 7.00. The quantitative estimate of drug-likeness (QED) is 0.419. The summed E-state index contributed by atoms with van der Waals surface area (Å²) in [4.78, 5) is 39.9. The van der Waals surface area contributed by atoms with Gasteiger partial charge in [-0.05, 0) is 43.9 Å². The number of benzene rings is 1. The van der Waals surface area contributed by atoms with E-state index in [1.807, 2.05) is 0 Å². The molecule has 1 aromatic rings. The van der Waals surface area contributed by atoms with Crippen molar-refractivity contribution in [2.24, 2.45) is 5.92 Å². The number of carbonyl (C=O) groups excluding carboxylic acids is 3. The molecule has 2 amide bonds. The number of aliphatic hydroxyl groups is 2. The Morgan fingerprint density at radius 1 is 1.28 bits per heavy atom. The smallest absolute Gasteiger partial charge is 0.247 e. The summed E-state index contributed by atoms with van der Waals surface area (Å²) in [6.07, 6.45) is 3.53. The summed E-state index contributed by atoms with van der Waals surface area (Å²) in [5.41, 5.74) is 1.22. The second kappa shape index (κ2) is 10.2. The summed E-state index contributed by atoms with van der Waals surface area (Å²) in [5.74, 6) is -0.576. The molecule has 2 heterocycles. The van der Waals surface area contributed by atoms with E-state index in [9.17, 15) is 24.6 Å². The van der Waals surface area contributed by atoms with Crippen molar-refractivity contribution < 1.29 is 38.8 Å². The highest BCUT2D eigenvalue weighted by atomic mass is 16.5. The zero-order valence-corrected chi connectivity index (χ0v) is 20.2. The van der Waals surface area contributed by atoms with Gasteiger partial charge in [-0.2, -0.15) is 0 Å². The molecule has 1 saturated heterocycles. The zero-order chi connectivity index (χ0) is 25.4. The lowest BCUT2D eigenvalue weighted by atomic mass is 9.77. The molecule has 5 rings (SSSR count). The minimum Gasteiger partial charge on any atom is -0.493 e. The van der Waals surface area contributed by atoms with Gasteiger partial charge in [0, 0.05) is 42.3 Å². The van der Waals surface area contributed by atoms with Gasteiger partial charge in [0.05, 0.1) is 31.8 Å². The number of aldehydes is 1. The fraction of sp³-hybridized carbons (Fsp3) is 0.577. The molecule has 0 radical (unpaired) electrons. The maximum absolute atomic E-state index is 13.4. The van der Waals surface area contributed by atoms with Crippen LogP contribution >= 0.6 is 0 Å². The third kappa shape index (κ3) is 4.49. The molecular formula is C26H32N2O8. The molecule has 10 heteroatoms. The van der Waals surface area contributed by atoms with Gasteiger partial charge < -0.3 is 34.6 Å². The highest BCUT2D eigenvalue weighted by Crippen LogP contribution is 2.51. The summed E-state index contributed by atoms with van der Waals surface area (Å²) in [7, 11) is 1.46. The van der Waals surface area contributed by atoms with Crippen molar-refractivity contribution in [2.75, 3.05) is 33.4 Å². The van der Waals surface area contributed by atoms with E-state index >= 15 is 0 Å². The molecule has 3 N–H and O–H groups in total. The summed E-state index contributed by atoms with van der Waals surface area (Å²) in [6.45, 7) is 0.769. The van der Waals surface area contributed by atoms with E-state index in [0.717, 1.165) is 25.7 Å². The number of hydrogen-bond donors (Lipinski definition) is 3. The Bertz CT molecular complexity index is 1060. The predicted octanol–water partition coefficient (Wildman–Crippen LogP) is 0.548. The van der Waals surface area contributed by atoms with Gasteiger partial charge in [-0.15, -0.1) is 0 Å². The topological polar surface area (TPSA) is 135 Å². The van der Waals surface area contributed by atoms with Crippen molar-refractivity contribution in [2.45, 2.75) is 56.0 Å². The van der Waals surface area contributed by atoms with Gasteiger partial charge in [0.15, 0.2) is 11.5 Å². The molecule has 0 bridgehead atoms. The maximum Gasteiger partial charge on any atom is 0.247 e. The van der Waals surface area contributed by atoms with Gasteiger partial charge in [0.25, 0.3) is 0 Å². The minimum absolute atomic E-state index is 0.0484. The number of aliphatic hydroxyl groups excluding tert-OH is 2. The molecule has 2 aliphatic heterocycles. The van der Waals surface area contributed by atoms with Gasteiger partial charge >= 0.3 is 0 Å². The van der Waals surface area contributed by atoms with Crippen LogP contribution in [0.4, 0.5) is 0 Å². The van der Waals surface area contributed by atoms with Crippen molar-refractivity contribution in [3.63, 3.8) is 0 Å². The average molecular weight is 501 g/mol. The molecule has 2 fully saturated rings. The van der Waals surface area contributed by atoms with Crippen LogP contribution in [0.2, 0.25) is 0 Å².